The Morgan fingerprint density at radius 3 is 2.96 bits per heavy atom. The Kier molecular flexibility index (Phi) is 6.22. The van der Waals surface area contributed by atoms with Crippen molar-refractivity contribution in [2.45, 2.75) is 32.5 Å². The Morgan fingerprint density at radius 2 is 2.22 bits per heavy atom. The average molecular weight is 409 g/mol. The van der Waals surface area contributed by atoms with Crippen molar-refractivity contribution in [3.05, 3.63) is 46.9 Å². The van der Waals surface area contributed by atoms with Crippen LogP contribution in [0.25, 0.3) is 16.8 Å². The molecule has 0 amide bonds. The van der Waals surface area contributed by atoms with Gasteiger partial charge in [-0.05, 0) is 55.6 Å². The minimum Gasteiger partial charge on any atom is -0.488 e. The molecular weight excluding hydrogens is 387 g/mol. The van der Waals surface area contributed by atoms with Crippen molar-refractivity contribution in [2.75, 3.05) is 13.1 Å². The van der Waals surface area contributed by atoms with E-state index in [-0.39, 0.29) is 25.1 Å². The molecule has 4 rings (SSSR count). The fourth-order valence-electron chi connectivity index (χ4n) is 3.43. The van der Waals surface area contributed by atoms with E-state index in [4.69, 9.17) is 16.3 Å². The van der Waals surface area contributed by atoms with Crippen LogP contribution in [-0.4, -0.2) is 38.9 Å². The highest BCUT2D eigenvalue weighted by Gasteiger charge is 2.21. The van der Waals surface area contributed by atoms with Crippen molar-refractivity contribution in [2.24, 2.45) is 0 Å². The SMILES string of the molecule is Cc1cc(Cl)cc(-c2ncnn3cc(CO)cc23)c1O[C@H]1CCCNC1.Cl. The van der Waals surface area contributed by atoms with E-state index in [1.807, 2.05) is 25.1 Å². The van der Waals surface area contributed by atoms with Crippen LogP contribution < -0.4 is 10.1 Å². The fraction of sp³-hybridized carbons (Fsp3) is 0.368. The summed E-state index contributed by atoms with van der Waals surface area (Å²) in [5.41, 5.74) is 4.15. The van der Waals surface area contributed by atoms with Crippen LogP contribution in [0.2, 0.25) is 5.02 Å². The summed E-state index contributed by atoms with van der Waals surface area (Å²) in [6.07, 6.45) is 5.55. The minimum absolute atomic E-state index is 0. The number of aryl methyl sites for hydroxylation is 1. The molecule has 0 unspecified atom stereocenters. The first-order chi connectivity index (χ1) is 12.7. The smallest absolute Gasteiger partial charge is 0.137 e. The maximum atomic E-state index is 9.44. The number of rotatable bonds is 4. The third-order valence-electron chi connectivity index (χ3n) is 4.68. The lowest BCUT2D eigenvalue weighted by Gasteiger charge is -2.26. The highest BCUT2D eigenvalue weighted by Crippen LogP contribution is 2.38. The topological polar surface area (TPSA) is 71.7 Å². The van der Waals surface area contributed by atoms with Gasteiger partial charge in [-0.25, -0.2) is 9.50 Å². The highest BCUT2D eigenvalue weighted by molar-refractivity contribution is 6.31. The number of ether oxygens (including phenoxy) is 1. The number of piperidine rings is 1. The maximum Gasteiger partial charge on any atom is 0.137 e. The van der Waals surface area contributed by atoms with Crippen LogP contribution in [0.15, 0.2) is 30.7 Å². The zero-order valence-electron chi connectivity index (χ0n) is 15.0. The quantitative estimate of drug-likeness (QED) is 0.691. The number of nitrogens with zero attached hydrogens (tertiary/aromatic N) is 3. The molecule has 144 valence electrons. The van der Waals surface area contributed by atoms with Gasteiger partial charge in [0.05, 0.1) is 12.1 Å². The standard InChI is InChI=1S/C19H21ClN4O2.ClH/c1-12-5-14(20)7-16(19(12)26-15-3-2-4-21-8-15)18-17-6-13(10-25)9-24(17)23-11-22-18;/h5-7,9,11,15,21,25H,2-4,8,10H2,1H3;1H/t15-;/m0./s1. The fourth-order valence-corrected chi connectivity index (χ4v) is 3.70. The number of hydrogen-bond donors (Lipinski definition) is 2. The summed E-state index contributed by atoms with van der Waals surface area (Å²) < 4.78 is 8.09. The number of aliphatic hydroxyl groups is 1. The lowest BCUT2D eigenvalue weighted by Crippen LogP contribution is -2.37. The molecule has 1 fully saturated rings. The largest absolute Gasteiger partial charge is 0.488 e. The molecule has 1 aliphatic heterocycles. The molecular formula is C19H22Cl2N4O2. The zero-order chi connectivity index (χ0) is 18.1. The van der Waals surface area contributed by atoms with E-state index < -0.39 is 0 Å². The predicted octanol–water partition coefficient (Wildman–Crippen LogP) is 3.40. The van der Waals surface area contributed by atoms with Crippen LogP contribution in [-0.2, 0) is 6.61 Å². The van der Waals surface area contributed by atoms with E-state index in [0.29, 0.717) is 5.02 Å². The van der Waals surface area contributed by atoms with Gasteiger partial charge in [-0.3, -0.25) is 0 Å². The predicted molar refractivity (Wildman–Crippen MR) is 108 cm³/mol. The van der Waals surface area contributed by atoms with Crippen molar-refractivity contribution in [1.29, 1.82) is 0 Å². The van der Waals surface area contributed by atoms with E-state index in [2.05, 4.69) is 15.4 Å². The van der Waals surface area contributed by atoms with Crippen molar-refractivity contribution in [3.63, 3.8) is 0 Å². The van der Waals surface area contributed by atoms with E-state index in [1.54, 1.807) is 10.7 Å². The Balaban J connectivity index is 0.00000210. The summed E-state index contributed by atoms with van der Waals surface area (Å²) in [5.74, 6) is 0.801. The molecule has 2 aromatic heterocycles. The molecule has 0 saturated carbocycles. The van der Waals surface area contributed by atoms with Crippen molar-refractivity contribution >= 4 is 29.5 Å². The van der Waals surface area contributed by atoms with E-state index in [0.717, 1.165) is 59.6 Å². The van der Waals surface area contributed by atoms with Gasteiger partial charge in [0.15, 0.2) is 0 Å². The summed E-state index contributed by atoms with van der Waals surface area (Å²) in [6, 6.07) is 5.68. The first kappa shape index (κ1) is 19.9. The summed E-state index contributed by atoms with van der Waals surface area (Å²) in [6.45, 7) is 3.82. The van der Waals surface area contributed by atoms with Gasteiger partial charge < -0.3 is 15.2 Å². The molecule has 27 heavy (non-hydrogen) atoms. The summed E-state index contributed by atoms with van der Waals surface area (Å²) >= 11 is 6.34. The van der Waals surface area contributed by atoms with Gasteiger partial charge in [-0.2, -0.15) is 5.10 Å². The third kappa shape index (κ3) is 4.04. The Bertz CT molecular complexity index is 939. The molecule has 1 saturated heterocycles. The molecule has 0 radical (unpaired) electrons. The normalized spacial score (nSPS) is 16.9. The molecule has 6 nitrogen and oxygen atoms in total. The minimum atomic E-state index is -0.0471. The van der Waals surface area contributed by atoms with Crippen molar-refractivity contribution in [3.8, 4) is 17.0 Å². The molecule has 2 N–H and O–H groups in total. The molecule has 0 aliphatic carbocycles. The van der Waals surface area contributed by atoms with E-state index in [1.165, 1.54) is 6.33 Å². The van der Waals surface area contributed by atoms with Gasteiger partial charge in [0.1, 0.15) is 23.9 Å². The third-order valence-corrected chi connectivity index (χ3v) is 4.89. The molecule has 1 atom stereocenters. The van der Waals surface area contributed by atoms with Crippen molar-refractivity contribution in [1.82, 2.24) is 19.9 Å². The molecule has 0 bridgehead atoms. The number of nitrogens with one attached hydrogen (secondary N) is 1. The van der Waals surface area contributed by atoms with E-state index in [9.17, 15) is 5.11 Å². The van der Waals surface area contributed by atoms with Crippen LogP contribution in [0.4, 0.5) is 0 Å². The second-order valence-corrected chi connectivity index (χ2v) is 7.07. The number of benzene rings is 1. The summed E-state index contributed by atoms with van der Waals surface area (Å²) in [4.78, 5) is 4.49. The highest BCUT2D eigenvalue weighted by atomic mass is 35.5. The zero-order valence-corrected chi connectivity index (χ0v) is 16.6. The Morgan fingerprint density at radius 1 is 1.37 bits per heavy atom. The summed E-state index contributed by atoms with van der Waals surface area (Å²) in [7, 11) is 0. The van der Waals surface area contributed by atoms with Crippen LogP contribution in [0, 0.1) is 6.92 Å². The number of fused-ring (bicyclic) bond motifs is 1. The number of aliphatic hydroxyl groups excluding tert-OH is 1. The molecule has 8 heteroatoms. The average Bonchev–Trinajstić information content (AvgIpc) is 3.08. The lowest BCUT2D eigenvalue weighted by molar-refractivity contribution is 0.167. The van der Waals surface area contributed by atoms with E-state index >= 15 is 0 Å². The summed E-state index contributed by atoms with van der Waals surface area (Å²) in [5, 5.41) is 17.7. The monoisotopic (exact) mass is 408 g/mol. The Labute approximate surface area is 168 Å². The van der Waals surface area contributed by atoms with Crippen LogP contribution in [0.5, 0.6) is 5.75 Å². The number of halogens is 2. The van der Waals surface area contributed by atoms with Gasteiger partial charge in [-0.15, -0.1) is 12.4 Å². The van der Waals surface area contributed by atoms with Crippen LogP contribution in [0.1, 0.15) is 24.0 Å². The first-order valence-electron chi connectivity index (χ1n) is 8.76. The van der Waals surface area contributed by atoms with Crippen LogP contribution >= 0.6 is 24.0 Å². The second-order valence-electron chi connectivity index (χ2n) is 6.63. The number of aromatic nitrogens is 3. The maximum absolute atomic E-state index is 9.44. The van der Waals surface area contributed by atoms with Crippen LogP contribution in [0.3, 0.4) is 0 Å². The van der Waals surface area contributed by atoms with Gasteiger partial charge in [0.25, 0.3) is 0 Å². The molecule has 0 spiro atoms. The lowest BCUT2D eigenvalue weighted by atomic mass is 10.0. The second kappa shape index (κ2) is 8.44. The number of hydrogen-bond acceptors (Lipinski definition) is 5. The first-order valence-corrected chi connectivity index (χ1v) is 9.14. The molecule has 3 heterocycles. The molecule has 1 aromatic carbocycles. The molecule has 3 aromatic rings. The van der Waals surface area contributed by atoms with Gasteiger partial charge in [0.2, 0.25) is 0 Å². The molecule has 1 aliphatic rings. The van der Waals surface area contributed by atoms with Gasteiger partial charge in [0, 0.05) is 23.3 Å². The Hall–Kier alpha value is -1.86. The van der Waals surface area contributed by atoms with Crippen molar-refractivity contribution < 1.29 is 9.84 Å². The van der Waals surface area contributed by atoms with Gasteiger partial charge >= 0.3 is 0 Å². The van der Waals surface area contributed by atoms with Gasteiger partial charge in [-0.1, -0.05) is 11.6 Å².